The number of nitrogens with zero attached hydrogens (tertiary/aromatic N) is 2. The quantitative estimate of drug-likeness (QED) is 0.386. The zero-order valence-electron chi connectivity index (χ0n) is 14.9. The van der Waals surface area contributed by atoms with Crippen LogP contribution in [0, 0.1) is 5.82 Å². The zero-order valence-corrected chi connectivity index (χ0v) is 16.6. The number of benzene rings is 2. The third kappa shape index (κ3) is 5.17. The van der Waals surface area contributed by atoms with Crippen molar-refractivity contribution in [3.05, 3.63) is 77.4 Å². The molecule has 3 rings (SSSR count). The van der Waals surface area contributed by atoms with E-state index in [0.29, 0.717) is 23.3 Å². The third-order valence-electron chi connectivity index (χ3n) is 3.97. The minimum absolute atomic E-state index is 0.167. The van der Waals surface area contributed by atoms with E-state index in [1.807, 2.05) is 36.0 Å². The Labute approximate surface area is 166 Å². The average Bonchev–Trinajstić information content (AvgIpc) is 3.01. The lowest BCUT2D eigenvalue weighted by molar-refractivity contribution is -0.118. The van der Waals surface area contributed by atoms with Gasteiger partial charge in [0.1, 0.15) is 5.82 Å². The molecule has 6 heteroatoms. The summed E-state index contributed by atoms with van der Waals surface area (Å²) in [6.07, 6.45) is 2.86. The summed E-state index contributed by atoms with van der Waals surface area (Å²) in [5, 5.41) is 0. The summed E-state index contributed by atoms with van der Waals surface area (Å²) in [5.74, 6) is 1.38. The van der Waals surface area contributed by atoms with Crippen LogP contribution in [0.2, 0.25) is 0 Å². The third-order valence-corrected chi connectivity index (χ3v) is 6.13. The zero-order chi connectivity index (χ0) is 19.1. The van der Waals surface area contributed by atoms with E-state index in [4.69, 9.17) is 0 Å². The topological polar surface area (TPSA) is 34.4 Å². The van der Waals surface area contributed by atoms with Gasteiger partial charge < -0.3 is 4.57 Å². The number of carbonyl (C=O) groups excluding carboxylic acids is 1. The van der Waals surface area contributed by atoms with Crippen molar-refractivity contribution in [3.63, 3.8) is 0 Å². The lowest BCUT2D eigenvalue weighted by Gasteiger charge is -2.02. The maximum atomic E-state index is 14.2. The minimum Gasteiger partial charge on any atom is -0.310 e. The van der Waals surface area contributed by atoms with Gasteiger partial charge in [-0.25, -0.2) is 4.39 Å². The van der Waals surface area contributed by atoms with Crippen molar-refractivity contribution in [2.45, 2.75) is 25.1 Å². The fourth-order valence-corrected chi connectivity index (χ4v) is 4.71. The highest BCUT2D eigenvalue weighted by molar-refractivity contribution is 7.98. The first kappa shape index (κ1) is 19.6. The van der Waals surface area contributed by atoms with Gasteiger partial charge in [0.25, 0.3) is 0 Å². The Balaban J connectivity index is 1.62. The summed E-state index contributed by atoms with van der Waals surface area (Å²) < 4.78 is 16.7. The second kappa shape index (κ2) is 9.67. The van der Waals surface area contributed by atoms with Crippen LogP contribution in [0.25, 0.3) is 10.2 Å². The molecule has 0 unspecified atom stereocenters. The molecule has 0 aliphatic heterocycles. The van der Waals surface area contributed by atoms with Crippen molar-refractivity contribution in [3.8, 4) is 0 Å². The number of amides is 1. The Morgan fingerprint density at radius 3 is 2.81 bits per heavy atom. The number of fused-ring (bicyclic) bond motifs is 1. The summed E-state index contributed by atoms with van der Waals surface area (Å²) >= 11 is 3.14. The summed E-state index contributed by atoms with van der Waals surface area (Å²) in [6.45, 7) is 4.14. The number of hydrogen-bond donors (Lipinski definition) is 0. The first-order chi connectivity index (χ1) is 13.2. The van der Waals surface area contributed by atoms with Gasteiger partial charge in [0.05, 0.1) is 10.2 Å². The molecule has 2 aromatic carbocycles. The van der Waals surface area contributed by atoms with Gasteiger partial charge >= 0.3 is 0 Å². The van der Waals surface area contributed by atoms with E-state index in [-0.39, 0.29) is 11.7 Å². The second-order valence-corrected chi connectivity index (χ2v) is 8.13. The number of thioether (sulfide) groups is 1. The largest absolute Gasteiger partial charge is 0.310 e. The molecule has 0 atom stereocenters. The van der Waals surface area contributed by atoms with Crippen LogP contribution >= 0.6 is 23.1 Å². The normalized spacial score (nSPS) is 11.8. The smallest absolute Gasteiger partial charge is 0.248 e. The van der Waals surface area contributed by atoms with Gasteiger partial charge in [-0.1, -0.05) is 53.8 Å². The van der Waals surface area contributed by atoms with Crippen LogP contribution in [0.4, 0.5) is 4.39 Å². The molecule has 0 saturated carbocycles. The van der Waals surface area contributed by atoms with Crippen LogP contribution in [-0.4, -0.2) is 16.2 Å². The lowest BCUT2D eigenvalue weighted by Crippen LogP contribution is -2.16. The van der Waals surface area contributed by atoms with Gasteiger partial charge in [0.2, 0.25) is 5.91 Å². The second-order valence-electron chi connectivity index (χ2n) is 6.02. The number of halogens is 1. The molecule has 0 radical (unpaired) electrons. The first-order valence-corrected chi connectivity index (χ1v) is 10.7. The monoisotopic (exact) mass is 400 g/mol. The standard InChI is InChI=1S/C21H21FN2OS2/c1-2-13-24-20-17(22)10-6-11-18(20)27-21(24)23-19(25)12-7-14-26-15-16-8-4-3-5-9-16/h2-6,8-11H,1,7,12-15H2. The predicted molar refractivity (Wildman–Crippen MR) is 112 cm³/mol. The fraction of sp³-hybridized carbons (Fsp3) is 0.238. The van der Waals surface area contributed by atoms with Gasteiger partial charge in [0, 0.05) is 18.7 Å². The van der Waals surface area contributed by atoms with Crippen molar-refractivity contribution in [1.82, 2.24) is 4.57 Å². The van der Waals surface area contributed by atoms with Crippen molar-refractivity contribution in [2.75, 3.05) is 5.75 Å². The molecule has 1 heterocycles. The highest BCUT2D eigenvalue weighted by Gasteiger charge is 2.10. The van der Waals surface area contributed by atoms with Crippen LogP contribution < -0.4 is 4.80 Å². The Kier molecular flexibility index (Phi) is 7.01. The Hall–Kier alpha value is -2.18. The van der Waals surface area contributed by atoms with E-state index < -0.39 is 0 Å². The molecule has 3 nitrogen and oxygen atoms in total. The van der Waals surface area contributed by atoms with Gasteiger partial charge in [-0.3, -0.25) is 4.79 Å². The summed E-state index contributed by atoms with van der Waals surface area (Å²) in [4.78, 5) is 17.0. The molecule has 1 aromatic heterocycles. The van der Waals surface area contributed by atoms with E-state index in [2.05, 4.69) is 23.7 Å². The summed E-state index contributed by atoms with van der Waals surface area (Å²) in [6, 6.07) is 15.2. The van der Waals surface area contributed by atoms with Crippen LogP contribution in [-0.2, 0) is 17.1 Å². The number of carbonyl (C=O) groups is 1. The molecule has 3 aromatic rings. The van der Waals surface area contributed by atoms with E-state index in [1.54, 1.807) is 16.7 Å². The van der Waals surface area contributed by atoms with E-state index in [9.17, 15) is 9.18 Å². The molecule has 27 heavy (non-hydrogen) atoms. The van der Waals surface area contributed by atoms with Crippen LogP contribution in [0.15, 0.2) is 66.2 Å². The maximum absolute atomic E-state index is 14.2. The Morgan fingerprint density at radius 2 is 2.04 bits per heavy atom. The van der Waals surface area contributed by atoms with Crippen molar-refractivity contribution in [2.24, 2.45) is 4.99 Å². The van der Waals surface area contributed by atoms with Crippen LogP contribution in [0.3, 0.4) is 0 Å². The van der Waals surface area contributed by atoms with E-state index in [0.717, 1.165) is 22.6 Å². The predicted octanol–water partition coefficient (Wildman–Crippen LogP) is 5.17. The number of rotatable bonds is 8. The first-order valence-electron chi connectivity index (χ1n) is 8.77. The molecular formula is C21H21FN2OS2. The Morgan fingerprint density at radius 1 is 1.22 bits per heavy atom. The average molecular weight is 401 g/mol. The summed E-state index contributed by atoms with van der Waals surface area (Å²) in [5.41, 5.74) is 1.77. The number of hydrogen-bond acceptors (Lipinski definition) is 3. The van der Waals surface area contributed by atoms with Gasteiger partial charge in [0.15, 0.2) is 4.80 Å². The molecule has 0 bridgehead atoms. The van der Waals surface area contributed by atoms with Crippen molar-refractivity contribution >= 4 is 39.2 Å². The molecule has 1 amide bonds. The molecule has 0 aliphatic carbocycles. The van der Waals surface area contributed by atoms with Crippen LogP contribution in [0.1, 0.15) is 18.4 Å². The molecule has 140 valence electrons. The van der Waals surface area contributed by atoms with Crippen molar-refractivity contribution in [1.29, 1.82) is 0 Å². The molecule has 0 spiro atoms. The molecule has 0 fully saturated rings. The molecule has 0 N–H and O–H groups in total. The minimum atomic E-state index is -0.309. The summed E-state index contributed by atoms with van der Waals surface area (Å²) in [7, 11) is 0. The SMILES string of the molecule is C=CCn1c(=NC(=O)CCCSCc2ccccc2)sc2cccc(F)c21. The van der Waals surface area contributed by atoms with Crippen LogP contribution in [0.5, 0.6) is 0 Å². The molecule has 0 saturated heterocycles. The number of thiazole rings is 1. The highest BCUT2D eigenvalue weighted by Crippen LogP contribution is 2.20. The molecular weight excluding hydrogens is 379 g/mol. The van der Waals surface area contributed by atoms with Gasteiger partial charge in [-0.05, 0) is 29.9 Å². The Bertz CT molecular complexity index is 992. The fourth-order valence-electron chi connectivity index (χ4n) is 2.72. The van der Waals surface area contributed by atoms with E-state index in [1.165, 1.54) is 23.0 Å². The maximum Gasteiger partial charge on any atom is 0.248 e. The van der Waals surface area contributed by atoms with Gasteiger partial charge in [-0.2, -0.15) is 16.8 Å². The number of para-hydroxylation sites is 1. The van der Waals surface area contributed by atoms with Gasteiger partial charge in [-0.15, -0.1) is 6.58 Å². The molecule has 0 aliphatic rings. The van der Waals surface area contributed by atoms with E-state index >= 15 is 0 Å². The highest BCUT2D eigenvalue weighted by atomic mass is 32.2. The van der Waals surface area contributed by atoms with Crippen molar-refractivity contribution < 1.29 is 9.18 Å². The lowest BCUT2D eigenvalue weighted by atomic mass is 10.2. The number of aromatic nitrogens is 1. The number of allylic oxidation sites excluding steroid dienone is 1.